The molecule has 9 heteroatoms. The molecular weight excluding hydrogens is 406 g/mol. The first-order chi connectivity index (χ1) is 14.1. The molecule has 0 aliphatic carbocycles. The van der Waals surface area contributed by atoms with Crippen LogP contribution in [0.5, 0.6) is 0 Å². The van der Waals surface area contributed by atoms with E-state index in [0.717, 1.165) is 11.4 Å². The molecule has 0 fully saturated rings. The molecule has 3 aromatic rings. The van der Waals surface area contributed by atoms with E-state index in [4.69, 9.17) is 0 Å². The van der Waals surface area contributed by atoms with Crippen molar-refractivity contribution < 1.29 is 9.59 Å². The summed E-state index contributed by atoms with van der Waals surface area (Å²) >= 11 is 2.75. The molecule has 1 unspecified atom stereocenters. The predicted molar refractivity (Wildman–Crippen MR) is 117 cm³/mol. The SMILES string of the molecule is CC1CC(=O)Nc2ccccc2N1C(=O)CSc1nnc(Nc2ccccc2)s1. The fraction of sp³-hybridized carbons (Fsp3) is 0.200. The Balaban J connectivity index is 1.44. The lowest BCUT2D eigenvalue weighted by atomic mass is 10.2. The number of para-hydroxylation sites is 3. The minimum absolute atomic E-state index is 0.0702. The van der Waals surface area contributed by atoms with E-state index in [-0.39, 0.29) is 30.0 Å². The van der Waals surface area contributed by atoms with Gasteiger partial charge in [-0.05, 0) is 31.2 Å². The average molecular weight is 426 g/mol. The Hall–Kier alpha value is -2.91. The lowest BCUT2D eigenvalue weighted by molar-refractivity contribution is -0.117. The fourth-order valence-electron chi connectivity index (χ4n) is 3.12. The maximum Gasteiger partial charge on any atom is 0.237 e. The van der Waals surface area contributed by atoms with E-state index in [1.165, 1.54) is 23.1 Å². The Morgan fingerprint density at radius 2 is 1.97 bits per heavy atom. The molecule has 1 atom stereocenters. The molecule has 0 radical (unpaired) electrons. The van der Waals surface area contributed by atoms with Gasteiger partial charge in [0.05, 0.1) is 17.1 Å². The highest BCUT2D eigenvalue weighted by molar-refractivity contribution is 8.01. The molecule has 0 spiro atoms. The van der Waals surface area contributed by atoms with Crippen molar-refractivity contribution in [2.24, 2.45) is 0 Å². The molecule has 0 saturated heterocycles. The summed E-state index contributed by atoms with van der Waals surface area (Å²) in [4.78, 5) is 26.8. The van der Waals surface area contributed by atoms with E-state index in [0.29, 0.717) is 15.2 Å². The normalized spacial score (nSPS) is 16.0. The maximum atomic E-state index is 13.0. The molecule has 0 saturated carbocycles. The van der Waals surface area contributed by atoms with Crippen LogP contribution in [0.1, 0.15) is 13.3 Å². The highest BCUT2D eigenvalue weighted by Crippen LogP contribution is 2.33. The number of benzene rings is 2. The summed E-state index contributed by atoms with van der Waals surface area (Å²) in [5.74, 6) is 0.0557. The van der Waals surface area contributed by atoms with E-state index in [2.05, 4.69) is 20.8 Å². The Kier molecular flexibility index (Phi) is 5.77. The molecule has 148 valence electrons. The zero-order valence-corrected chi connectivity index (χ0v) is 17.3. The molecule has 2 heterocycles. The van der Waals surface area contributed by atoms with Gasteiger partial charge in [-0.25, -0.2) is 0 Å². The number of anilines is 4. The van der Waals surface area contributed by atoms with E-state index in [1.54, 1.807) is 4.90 Å². The van der Waals surface area contributed by atoms with Gasteiger partial charge in [0.1, 0.15) is 0 Å². The Bertz CT molecular complexity index is 1020. The number of aromatic nitrogens is 2. The summed E-state index contributed by atoms with van der Waals surface area (Å²) in [5.41, 5.74) is 2.31. The van der Waals surface area contributed by atoms with Crippen LogP contribution in [0.25, 0.3) is 0 Å². The first-order valence-corrected chi connectivity index (χ1v) is 10.9. The number of amides is 2. The van der Waals surface area contributed by atoms with Crippen molar-refractivity contribution in [3.63, 3.8) is 0 Å². The number of thioether (sulfide) groups is 1. The maximum absolute atomic E-state index is 13.0. The van der Waals surface area contributed by atoms with Gasteiger partial charge in [-0.15, -0.1) is 10.2 Å². The third-order valence-electron chi connectivity index (χ3n) is 4.38. The van der Waals surface area contributed by atoms with E-state index in [9.17, 15) is 9.59 Å². The summed E-state index contributed by atoms with van der Waals surface area (Å²) < 4.78 is 0.710. The molecule has 2 amide bonds. The van der Waals surface area contributed by atoms with Crippen molar-refractivity contribution in [3.05, 3.63) is 54.6 Å². The second-order valence-electron chi connectivity index (χ2n) is 6.54. The molecule has 2 aromatic carbocycles. The van der Waals surface area contributed by atoms with E-state index < -0.39 is 0 Å². The van der Waals surface area contributed by atoms with Gasteiger partial charge in [-0.1, -0.05) is 53.4 Å². The van der Waals surface area contributed by atoms with E-state index >= 15 is 0 Å². The van der Waals surface area contributed by atoms with Crippen LogP contribution in [0.15, 0.2) is 58.9 Å². The number of fused-ring (bicyclic) bond motifs is 1. The second-order valence-corrected chi connectivity index (χ2v) is 8.74. The molecule has 2 N–H and O–H groups in total. The van der Waals surface area contributed by atoms with Crippen LogP contribution in [0.3, 0.4) is 0 Å². The zero-order chi connectivity index (χ0) is 20.2. The molecule has 0 bridgehead atoms. The standard InChI is InChI=1S/C20H19N5O2S2/c1-13-11-17(26)22-15-9-5-6-10-16(15)25(13)18(27)12-28-20-24-23-19(29-20)21-14-7-3-2-4-8-14/h2-10,13H,11-12H2,1H3,(H,21,23)(H,22,26). The predicted octanol–water partition coefficient (Wildman–Crippen LogP) is 4.14. The molecule has 1 aliphatic rings. The third-order valence-corrected chi connectivity index (χ3v) is 6.34. The van der Waals surface area contributed by atoms with Crippen LogP contribution in [0.2, 0.25) is 0 Å². The quantitative estimate of drug-likeness (QED) is 0.598. The van der Waals surface area contributed by atoms with Crippen LogP contribution in [0, 0.1) is 0 Å². The lowest BCUT2D eigenvalue weighted by Crippen LogP contribution is -2.40. The zero-order valence-electron chi connectivity index (χ0n) is 15.7. The summed E-state index contributed by atoms with van der Waals surface area (Å²) in [6.45, 7) is 1.89. The highest BCUT2D eigenvalue weighted by atomic mass is 32.2. The minimum Gasteiger partial charge on any atom is -0.330 e. The Morgan fingerprint density at radius 3 is 2.79 bits per heavy atom. The topological polar surface area (TPSA) is 87.2 Å². The average Bonchev–Trinajstić information content (AvgIpc) is 3.10. The van der Waals surface area contributed by atoms with Gasteiger partial charge in [0.2, 0.25) is 16.9 Å². The van der Waals surface area contributed by atoms with Crippen molar-refractivity contribution in [1.82, 2.24) is 10.2 Å². The van der Waals surface area contributed by atoms with Gasteiger partial charge in [0.15, 0.2) is 4.34 Å². The fourth-order valence-corrected chi connectivity index (χ4v) is 4.76. The van der Waals surface area contributed by atoms with Crippen LogP contribution >= 0.6 is 23.1 Å². The molecule has 1 aromatic heterocycles. The summed E-state index contributed by atoms with van der Waals surface area (Å²) in [7, 11) is 0. The molecule has 29 heavy (non-hydrogen) atoms. The van der Waals surface area contributed by atoms with Crippen molar-refractivity contribution in [2.45, 2.75) is 23.7 Å². The smallest absolute Gasteiger partial charge is 0.237 e. The second kappa shape index (κ2) is 8.62. The monoisotopic (exact) mass is 425 g/mol. The van der Waals surface area contributed by atoms with Gasteiger partial charge < -0.3 is 15.5 Å². The van der Waals surface area contributed by atoms with Gasteiger partial charge in [0.25, 0.3) is 0 Å². The van der Waals surface area contributed by atoms with Crippen LogP contribution in [-0.2, 0) is 9.59 Å². The number of carbonyl (C=O) groups excluding carboxylic acids is 2. The van der Waals surface area contributed by atoms with Crippen LogP contribution < -0.4 is 15.5 Å². The van der Waals surface area contributed by atoms with Crippen LogP contribution in [-0.4, -0.2) is 33.8 Å². The highest BCUT2D eigenvalue weighted by Gasteiger charge is 2.29. The summed E-state index contributed by atoms with van der Waals surface area (Å²) in [5, 5.41) is 15.0. The number of hydrogen-bond donors (Lipinski definition) is 2. The third kappa shape index (κ3) is 4.57. The number of rotatable bonds is 5. The van der Waals surface area contributed by atoms with E-state index in [1.807, 2.05) is 61.5 Å². The van der Waals surface area contributed by atoms with Crippen molar-refractivity contribution in [2.75, 3.05) is 21.3 Å². The molecular formula is C20H19N5O2S2. The van der Waals surface area contributed by atoms with Crippen molar-refractivity contribution in [3.8, 4) is 0 Å². The number of hydrogen-bond acceptors (Lipinski definition) is 7. The van der Waals surface area contributed by atoms with Gasteiger partial charge in [0, 0.05) is 18.2 Å². The lowest BCUT2D eigenvalue weighted by Gasteiger charge is -2.27. The summed E-state index contributed by atoms with van der Waals surface area (Å²) in [6.07, 6.45) is 0.259. The largest absolute Gasteiger partial charge is 0.330 e. The first-order valence-electron chi connectivity index (χ1n) is 9.09. The Morgan fingerprint density at radius 1 is 1.21 bits per heavy atom. The van der Waals surface area contributed by atoms with Gasteiger partial charge in [-0.3, -0.25) is 9.59 Å². The van der Waals surface area contributed by atoms with Crippen LogP contribution in [0.4, 0.5) is 22.2 Å². The Labute approximate surface area is 176 Å². The molecule has 4 rings (SSSR count). The molecule has 1 aliphatic heterocycles. The number of nitrogens with one attached hydrogen (secondary N) is 2. The van der Waals surface area contributed by atoms with Gasteiger partial charge in [-0.2, -0.15) is 0 Å². The number of nitrogens with zero attached hydrogens (tertiary/aromatic N) is 3. The van der Waals surface area contributed by atoms with Gasteiger partial charge >= 0.3 is 0 Å². The van der Waals surface area contributed by atoms with Crippen molar-refractivity contribution >= 4 is 57.1 Å². The minimum atomic E-state index is -0.225. The summed E-state index contributed by atoms with van der Waals surface area (Å²) in [6, 6.07) is 16.9. The number of carbonyl (C=O) groups is 2. The van der Waals surface area contributed by atoms with Crippen molar-refractivity contribution in [1.29, 1.82) is 0 Å². The molecule has 7 nitrogen and oxygen atoms in total. The first kappa shape index (κ1) is 19.4.